The smallest absolute Gasteiger partial charge is 0.277 e. The molecule has 1 N–H and O–H groups in total. The van der Waals surface area contributed by atoms with Crippen molar-refractivity contribution in [2.75, 3.05) is 6.54 Å². The van der Waals surface area contributed by atoms with Crippen LogP contribution >= 0.6 is 0 Å². The third-order valence-corrected chi connectivity index (χ3v) is 3.77. The Morgan fingerprint density at radius 1 is 1.04 bits per heavy atom. The molecule has 0 atom stereocenters. The zero-order valence-electron chi connectivity index (χ0n) is 14.0. The number of nitrogens with one attached hydrogen (secondary N) is 1. The Balaban J connectivity index is 2.06. The highest BCUT2D eigenvalue weighted by atomic mass is 16.6. The van der Waals surface area contributed by atoms with E-state index < -0.39 is 4.92 Å². The lowest BCUT2D eigenvalue weighted by Gasteiger charge is -2.06. The average molecular weight is 340 g/mol. The van der Waals surface area contributed by atoms with Gasteiger partial charge in [0.1, 0.15) is 0 Å². The Hall–Kier alpha value is -3.02. The number of hydrogen-bond donors (Lipinski definition) is 1. The standard InChI is InChI=1S/C19H20N2O4/c1-2-13-20-19(23)12-11-18(22)15-9-7-14(8-10-15)16-5-3-4-6-17(16)21(24)25/h3-10H,2,11-13H2,1H3,(H,20,23). The molecule has 2 rings (SSSR count). The van der Waals surface area contributed by atoms with Crippen LogP contribution in [0.5, 0.6) is 0 Å². The molecule has 2 aromatic rings. The van der Waals surface area contributed by atoms with Crippen LogP contribution in [0.3, 0.4) is 0 Å². The van der Waals surface area contributed by atoms with Crippen molar-refractivity contribution in [1.82, 2.24) is 5.32 Å². The van der Waals surface area contributed by atoms with Gasteiger partial charge in [-0.2, -0.15) is 0 Å². The first-order valence-corrected chi connectivity index (χ1v) is 8.16. The van der Waals surface area contributed by atoms with Crippen molar-refractivity contribution in [2.24, 2.45) is 0 Å². The minimum absolute atomic E-state index is 0.0224. The average Bonchev–Trinajstić information content (AvgIpc) is 2.64. The van der Waals surface area contributed by atoms with Gasteiger partial charge < -0.3 is 5.32 Å². The fourth-order valence-electron chi connectivity index (χ4n) is 2.44. The fourth-order valence-corrected chi connectivity index (χ4v) is 2.44. The monoisotopic (exact) mass is 340 g/mol. The molecule has 25 heavy (non-hydrogen) atoms. The molecule has 0 radical (unpaired) electrons. The number of nitro benzene ring substituents is 1. The summed E-state index contributed by atoms with van der Waals surface area (Å²) in [5, 5.41) is 13.8. The molecule has 0 aromatic heterocycles. The van der Waals surface area contributed by atoms with Crippen LogP contribution in [0.25, 0.3) is 11.1 Å². The zero-order valence-corrected chi connectivity index (χ0v) is 14.0. The summed E-state index contributed by atoms with van der Waals surface area (Å²) >= 11 is 0. The van der Waals surface area contributed by atoms with Gasteiger partial charge in [-0.05, 0) is 18.1 Å². The first-order valence-electron chi connectivity index (χ1n) is 8.16. The summed E-state index contributed by atoms with van der Waals surface area (Å²) in [4.78, 5) is 34.4. The van der Waals surface area contributed by atoms with Gasteiger partial charge in [-0.1, -0.05) is 43.3 Å². The maximum atomic E-state index is 12.2. The Morgan fingerprint density at radius 3 is 2.36 bits per heavy atom. The second kappa shape index (κ2) is 8.73. The molecule has 2 aromatic carbocycles. The van der Waals surface area contributed by atoms with E-state index >= 15 is 0 Å². The molecule has 0 aliphatic rings. The molecule has 0 fully saturated rings. The molecule has 0 saturated heterocycles. The Labute approximate surface area is 146 Å². The van der Waals surface area contributed by atoms with E-state index in [4.69, 9.17) is 0 Å². The maximum Gasteiger partial charge on any atom is 0.277 e. The van der Waals surface area contributed by atoms with Gasteiger partial charge in [-0.25, -0.2) is 0 Å². The van der Waals surface area contributed by atoms with Crippen molar-refractivity contribution >= 4 is 17.4 Å². The topological polar surface area (TPSA) is 89.3 Å². The van der Waals surface area contributed by atoms with Crippen LogP contribution in [0.1, 0.15) is 36.5 Å². The van der Waals surface area contributed by atoms with Crippen LogP contribution in [0, 0.1) is 10.1 Å². The van der Waals surface area contributed by atoms with Gasteiger partial charge in [-0.15, -0.1) is 0 Å². The van der Waals surface area contributed by atoms with Gasteiger partial charge in [0.05, 0.1) is 10.5 Å². The van der Waals surface area contributed by atoms with E-state index in [0.717, 1.165) is 6.42 Å². The van der Waals surface area contributed by atoms with Gasteiger partial charge >= 0.3 is 0 Å². The van der Waals surface area contributed by atoms with Crippen molar-refractivity contribution < 1.29 is 14.5 Å². The van der Waals surface area contributed by atoms with Crippen molar-refractivity contribution in [3.05, 3.63) is 64.2 Å². The molecule has 6 nitrogen and oxygen atoms in total. The summed E-state index contributed by atoms with van der Waals surface area (Å²) in [7, 11) is 0. The van der Waals surface area contributed by atoms with Crippen molar-refractivity contribution in [1.29, 1.82) is 0 Å². The largest absolute Gasteiger partial charge is 0.356 e. The van der Waals surface area contributed by atoms with Crippen LogP contribution in [-0.4, -0.2) is 23.2 Å². The number of amides is 1. The molecule has 0 bridgehead atoms. The minimum atomic E-state index is -0.427. The predicted octanol–water partition coefficient (Wildman–Crippen LogP) is 3.75. The molecule has 6 heteroatoms. The van der Waals surface area contributed by atoms with E-state index in [9.17, 15) is 19.7 Å². The summed E-state index contributed by atoms with van der Waals surface area (Å²) in [5.41, 5.74) is 1.69. The first-order chi connectivity index (χ1) is 12.0. The molecule has 0 aliphatic heterocycles. The molecule has 0 heterocycles. The molecular formula is C19H20N2O4. The lowest BCUT2D eigenvalue weighted by atomic mass is 10.00. The van der Waals surface area contributed by atoms with E-state index in [1.165, 1.54) is 6.07 Å². The van der Waals surface area contributed by atoms with Crippen LogP contribution in [0.2, 0.25) is 0 Å². The number of rotatable bonds is 8. The summed E-state index contributed by atoms with van der Waals surface area (Å²) in [6.45, 7) is 2.57. The van der Waals surface area contributed by atoms with Crippen molar-refractivity contribution in [3.63, 3.8) is 0 Å². The summed E-state index contributed by atoms with van der Waals surface area (Å²) in [6, 6.07) is 13.1. The summed E-state index contributed by atoms with van der Waals surface area (Å²) in [5.74, 6) is -0.257. The number of benzene rings is 2. The quantitative estimate of drug-likeness (QED) is 0.450. The van der Waals surface area contributed by atoms with Gasteiger partial charge in [0.15, 0.2) is 5.78 Å². The van der Waals surface area contributed by atoms with E-state index in [2.05, 4.69) is 5.32 Å². The summed E-state index contributed by atoms with van der Waals surface area (Å²) < 4.78 is 0. The Bertz CT molecular complexity index is 769. The molecular weight excluding hydrogens is 320 g/mol. The second-order valence-electron chi connectivity index (χ2n) is 5.62. The van der Waals surface area contributed by atoms with E-state index in [-0.39, 0.29) is 30.2 Å². The van der Waals surface area contributed by atoms with Gasteiger partial charge in [0.25, 0.3) is 5.69 Å². The third kappa shape index (κ3) is 4.97. The molecule has 0 aliphatic carbocycles. The predicted molar refractivity (Wildman–Crippen MR) is 95.4 cm³/mol. The number of carbonyl (C=O) groups is 2. The van der Waals surface area contributed by atoms with Crippen LogP contribution in [0.4, 0.5) is 5.69 Å². The Kier molecular flexibility index (Phi) is 6.39. The summed E-state index contributed by atoms with van der Waals surface area (Å²) in [6.07, 6.45) is 1.15. The maximum absolute atomic E-state index is 12.2. The normalized spacial score (nSPS) is 10.3. The molecule has 130 valence electrons. The molecule has 0 saturated carbocycles. The van der Waals surface area contributed by atoms with Gasteiger partial charge in [0.2, 0.25) is 5.91 Å². The van der Waals surface area contributed by atoms with Gasteiger partial charge in [-0.3, -0.25) is 19.7 Å². The first kappa shape index (κ1) is 18.3. The Morgan fingerprint density at radius 2 is 1.72 bits per heavy atom. The number of nitro groups is 1. The molecule has 0 unspecified atom stereocenters. The van der Waals surface area contributed by atoms with Crippen molar-refractivity contribution in [3.8, 4) is 11.1 Å². The number of Topliss-reactive ketones (excluding diaryl/α,β-unsaturated/α-hetero) is 1. The van der Waals surface area contributed by atoms with Crippen LogP contribution in [-0.2, 0) is 4.79 Å². The van der Waals surface area contributed by atoms with E-state index in [1.807, 2.05) is 6.92 Å². The molecule has 0 spiro atoms. The lowest BCUT2D eigenvalue weighted by molar-refractivity contribution is -0.384. The van der Waals surface area contributed by atoms with Gasteiger partial charge in [0, 0.05) is 31.0 Å². The van der Waals surface area contributed by atoms with Crippen LogP contribution in [0.15, 0.2) is 48.5 Å². The number of carbonyl (C=O) groups excluding carboxylic acids is 2. The zero-order chi connectivity index (χ0) is 18.2. The highest BCUT2D eigenvalue weighted by molar-refractivity contribution is 5.98. The number of ketones is 1. The lowest BCUT2D eigenvalue weighted by Crippen LogP contribution is -2.24. The van der Waals surface area contributed by atoms with Crippen LogP contribution < -0.4 is 5.32 Å². The molecule has 1 amide bonds. The minimum Gasteiger partial charge on any atom is -0.356 e. The number of nitrogens with zero attached hydrogens (tertiary/aromatic N) is 1. The third-order valence-electron chi connectivity index (χ3n) is 3.77. The highest BCUT2D eigenvalue weighted by Crippen LogP contribution is 2.29. The highest BCUT2D eigenvalue weighted by Gasteiger charge is 2.15. The van der Waals surface area contributed by atoms with E-state index in [1.54, 1.807) is 42.5 Å². The fraction of sp³-hybridized carbons (Fsp3) is 0.263. The van der Waals surface area contributed by atoms with E-state index in [0.29, 0.717) is 23.2 Å². The van der Waals surface area contributed by atoms with Crippen molar-refractivity contribution in [2.45, 2.75) is 26.2 Å². The number of para-hydroxylation sites is 1. The second-order valence-corrected chi connectivity index (χ2v) is 5.62. The SMILES string of the molecule is CCCNC(=O)CCC(=O)c1ccc(-c2ccccc2[N+](=O)[O-])cc1. The number of hydrogen-bond acceptors (Lipinski definition) is 4.